The van der Waals surface area contributed by atoms with Gasteiger partial charge in [0.25, 0.3) is 0 Å². The Balaban J connectivity index is 1.82. The Hall–Kier alpha value is -2.41. The molecule has 1 aromatic heterocycles. The molecule has 0 saturated carbocycles. The highest BCUT2D eigenvalue weighted by atomic mass is 35.5. The minimum atomic E-state index is 0.689. The molecule has 2 aromatic carbocycles. The molecule has 0 atom stereocenters. The third kappa shape index (κ3) is 3.50. The van der Waals surface area contributed by atoms with Gasteiger partial charge in [-0.15, -0.1) is 0 Å². The van der Waals surface area contributed by atoms with Crippen LogP contribution in [0.3, 0.4) is 0 Å². The maximum atomic E-state index is 8.99. The van der Waals surface area contributed by atoms with Crippen molar-refractivity contribution in [3.63, 3.8) is 0 Å². The van der Waals surface area contributed by atoms with Crippen LogP contribution in [-0.4, -0.2) is 16.9 Å². The molecule has 3 rings (SSSR count). The van der Waals surface area contributed by atoms with E-state index in [2.05, 4.69) is 23.0 Å². The molecular weight excluding hydrogens is 306 g/mol. The molecule has 0 aliphatic heterocycles. The number of hydrogen-bond donors (Lipinski definition) is 0. The van der Waals surface area contributed by atoms with E-state index in [-0.39, 0.29) is 0 Å². The van der Waals surface area contributed by atoms with Crippen molar-refractivity contribution >= 4 is 22.5 Å². The van der Waals surface area contributed by atoms with Crippen LogP contribution in [0.5, 0.6) is 0 Å². The van der Waals surface area contributed by atoms with Crippen LogP contribution in [0.25, 0.3) is 10.9 Å². The zero-order valence-corrected chi connectivity index (χ0v) is 13.6. The lowest BCUT2D eigenvalue weighted by Crippen LogP contribution is -2.17. The van der Waals surface area contributed by atoms with E-state index in [0.717, 1.165) is 40.1 Å². The summed E-state index contributed by atoms with van der Waals surface area (Å²) in [6, 6.07) is 17.7. The quantitative estimate of drug-likeness (QED) is 0.715. The summed E-state index contributed by atoms with van der Waals surface area (Å²) in [6.45, 7) is 1.54. The van der Waals surface area contributed by atoms with E-state index in [1.54, 1.807) is 6.20 Å². The summed E-state index contributed by atoms with van der Waals surface area (Å²) in [5.74, 6) is 0. The number of nitrogens with zero attached hydrogens (tertiary/aromatic N) is 3. The molecule has 114 valence electrons. The summed E-state index contributed by atoms with van der Waals surface area (Å²) in [7, 11) is 2.06. The van der Waals surface area contributed by atoms with Gasteiger partial charge in [-0.25, -0.2) is 0 Å². The van der Waals surface area contributed by atoms with Gasteiger partial charge in [-0.05, 0) is 48.5 Å². The van der Waals surface area contributed by atoms with Crippen LogP contribution in [0.15, 0.2) is 54.7 Å². The number of hydrogen-bond acceptors (Lipinski definition) is 3. The second kappa shape index (κ2) is 6.78. The molecule has 3 aromatic rings. The molecular formula is C19H16ClN3. The van der Waals surface area contributed by atoms with Gasteiger partial charge in [-0.2, -0.15) is 5.26 Å². The van der Waals surface area contributed by atoms with Gasteiger partial charge in [0, 0.05) is 29.7 Å². The fourth-order valence-corrected chi connectivity index (χ4v) is 2.94. The normalized spacial score (nSPS) is 10.9. The van der Waals surface area contributed by atoms with Gasteiger partial charge in [-0.3, -0.25) is 9.88 Å². The van der Waals surface area contributed by atoms with Crippen molar-refractivity contribution in [2.45, 2.75) is 13.1 Å². The molecule has 0 saturated heterocycles. The van der Waals surface area contributed by atoms with E-state index in [4.69, 9.17) is 16.9 Å². The fraction of sp³-hybridized carbons (Fsp3) is 0.158. The second-order valence-electron chi connectivity index (χ2n) is 5.59. The van der Waals surface area contributed by atoms with Crippen molar-refractivity contribution in [3.05, 3.63) is 76.4 Å². The summed E-state index contributed by atoms with van der Waals surface area (Å²) >= 11 is 6.24. The highest BCUT2D eigenvalue weighted by Gasteiger charge is 2.09. The van der Waals surface area contributed by atoms with Gasteiger partial charge in [0.1, 0.15) is 0 Å². The summed E-state index contributed by atoms with van der Waals surface area (Å²) in [6.07, 6.45) is 1.79. The number of nitriles is 1. The van der Waals surface area contributed by atoms with Crippen LogP contribution in [-0.2, 0) is 13.1 Å². The van der Waals surface area contributed by atoms with Crippen molar-refractivity contribution in [2.75, 3.05) is 7.05 Å². The minimum Gasteiger partial charge on any atom is -0.298 e. The SMILES string of the molecule is CN(Cc1cccc(C#N)c1)Cc1ccc(Cl)c2cccnc12. The van der Waals surface area contributed by atoms with Crippen molar-refractivity contribution in [1.29, 1.82) is 5.26 Å². The van der Waals surface area contributed by atoms with Gasteiger partial charge < -0.3 is 0 Å². The number of halogens is 1. The van der Waals surface area contributed by atoms with Crippen LogP contribution in [0.2, 0.25) is 5.02 Å². The Morgan fingerprint density at radius 1 is 1.13 bits per heavy atom. The molecule has 23 heavy (non-hydrogen) atoms. The number of pyridine rings is 1. The summed E-state index contributed by atoms with van der Waals surface area (Å²) in [5, 5.41) is 10.7. The third-order valence-corrected chi connectivity index (χ3v) is 4.08. The smallest absolute Gasteiger partial charge is 0.0991 e. The maximum absolute atomic E-state index is 8.99. The Morgan fingerprint density at radius 3 is 2.83 bits per heavy atom. The van der Waals surface area contributed by atoms with E-state index in [1.165, 1.54) is 0 Å². The van der Waals surface area contributed by atoms with Crippen LogP contribution < -0.4 is 0 Å². The summed E-state index contributed by atoms with van der Waals surface area (Å²) < 4.78 is 0. The molecule has 1 heterocycles. The molecule has 0 fully saturated rings. The highest BCUT2D eigenvalue weighted by Crippen LogP contribution is 2.25. The van der Waals surface area contributed by atoms with Crippen molar-refractivity contribution in [1.82, 2.24) is 9.88 Å². The average molecular weight is 322 g/mol. The molecule has 0 bridgehead atoms. The highest BCUT2D eigenvalue weighted by molar-refractivity contribution is 6.35. The van der Waals surface area contributed by atoms with Crippen molar-refractivity contribution < 1.29 is 0 Å². The topological polar surface area (TPSA) is 39.9 Å². The zero-order valence-electron chi connectivity index (χ0n) is 12.8. The average Bonchev–Trinajstić information content (AvgIpc) is 2.58. The summed E-state index contributed by atoms with van der Waals surface area (Å²) in [4.78, 5) is 6.68. The molecule has 0 N–H and O–H groups in total. The lowest BCUT2D eigenvalue weighted by Gasteiger charge is -2.18. The Labute approximate surface area is 140 Å². The fourth-order valence-electron chi connectivity index (χ4n) is 2.72. The zero-order chi connectivity index (χ0) is 16.2. The molecule has 0 aliphatic rings. The van der Waals surface area contributed by atoms with Crippen molar-refractivity contribution in [2.24, 2.45) is 0 Å². The first-order valence-electron chi connectivity index (χ1n) is 7.37. The molecule has 0 aliphatic carbocycles. The van der Waals surface area contributed by atoms with Gasteiger partial charge in [0.2, 0.25) is 0 Å². The second-order valence-corrected chi connectivity index (χ2v) is 6.00. The molecule has 0 unspecified atom stereocenters. The van der Waals surface area contributed by atoms with E-state index >= 15 is 0 Å². The first-order chi connectivity index (χ1) is 11.2. The molecule has 0 spiro atoms. The maximum Gasteiger partial charge on any atom is 0.0991 e. The van der Waals surface area contributed by atoms with Crippen LogP contribution >= 0.6 is 11.6 Å². The molecule has 3 nitrogen and oxygen atoms in total. The summed E-state index contributed by atoms with van der Waals surface area (Å²) in [5.41, 5.74) is 3.90. The van der Waals surface area contributed by atoms with Crippen LogP contribution in [0.4, 0.5) is 0 Å². The Morgan fingerprint density at radius 2 is 2.00 bits per heavy atom. The largest absolute Gasteiger partial charge is 0.298 e. The molecule has 0 amide bonds. The minimum absolute atomic E-state index is 0.689. The number of aromatic nitrogens is 1. The van der Waals surface area contributed by atoms with Crippen molar-refractivity contribution in [3.8, 4) is 6.07 Å². The first-order valence-corrected chi connectivity index (χ1v) is 7.75. The van der Waals surface area contributed by atoms with Gasteiger partial charge in [-0.1, -0.05) is 29.8 Å². The third-order valence-electron chi connectivity index (χ3n) is 3.75. The first kappa shape index (κ1) is 15.5. The Kier molecular flexibility index (Phi) is 4.57. The van der Waals surface area contributed by atoms with Gasteiger partial charge in [0.05, 0.1) is 17.1 Å². The number of benzene rings is 2. The molecule has 4 heteroatoms. The number of fused-ring (bicyclic) bond motifs is 1. The van der Waals surface area contributed by atoms with E-state index in [1.807, 2.05) is 48.5 Å². The predicted molar refractivity (Wildman–Crippen MR) is 93.1 cm³/mol. The molecule has 0 radical (unpaired) electrons. The standard InChI is InChI=1S/C19H16ClN3/c1-23(12-15-5-2-4-14(10-15)11-21)13-16-7-8-18(20)17-6-3-9-22-19(16)17/h2-10H,12-13H2,1H3. The predicted octanol–water partition coefficient (Wildman–Crippen LogP) is 4.39. The Bertz CT molecular complexity index is 883. The van der Waals surface area contributed by atoms with E-state index in [9.17, 15) is 0 Å². The lowest BCUT2D eigenvalue weighted by atomic mass is 10.1. The monoisotopic (exact) mass is 321 g/mol. The van der Waals surface area contributed by atoms with Gasteiger partial charge >= 0.3 is 0 Å². The van der Waals surface area contributed by atoms with E-state index in [0.29, 0.717) is 5.56 Å². The van der Waals surface area contributed by atoms with Crippen LogP contribution in [0.1, 0.15) is 16.7 Å². The lowest BCUT2D eigenvalue weighted by molar-refractivity contribution is 0.320. The van der Waals surface area contributed by atoms with Crippen LogP contribution in [0, 0.1) is 11.3 Å². The van der Waals surface area contributed by atoms with E-state index < -0.39 is 0 Å². The number of rotatable bonds is 4. The van der Waals surface area contributed by atoms with Gasteiger partial charge in [0.15, 0.2) is 0 Å².